The third kappa shape index (κ3) is 3.57. The highest BCUT2D eigenvalue weighted by Gasteiger charge is 2.43. The van der Waals surface area contributed by atoms with Crippen LogP contribution in [0.3, 0.4) is 0 Å². The highest BCUT2D eigenvalue weighted by molar-refractivity contribution is 6.29. The van der Waals surface area contributed by atoms with E-state index in [1.54, 1.807) is 44.2 Å². The maximum Gasteiger partial charge on any atom is 0.335 e. The number of para-hydroxylation sites is 1. The Hall–Kier alpha value is -3.48. The number of amides is 4. The molecule has 138 valence electrons. The Labute approximate surface area is 155 Å². The van der Waals surface area contributed by atoms with E-state index in [1.807, 2.05) is 0 Å². The van der Waals surface area contributed by atoms with Crippen LogP contribution in [0.2, 0.25) is 0 Å². The summed E-state index contributed by atoms with van der Waals surface area (Å²) in [5, 5.41) is 5.19. The summed E-state index contributed by atoms with van der Waals surface area (Å²) < 4.78 is 13.1. The van der Waals surface area contributed by atoms with Gasteiger partial charge in [0.15, 0.2) is 5.92 Å². The monoisotopic (exact) mass is 367 g/mol. The van der Waals surface area contributed by atoms with Crippen LogP contribution in [0.4, 0.5) is 20.6 Å². The molecule has 1 aliphatic rings. The van der Waals surface area contributed by atoms with Crippen molar-refractivity contribution in [1.82, 2.24) is 5.32 Å². The van der Waals surface area contributed by atoms with E-state index in [1.165, 1.54) is 24.3 Å². The smallest absolute Gasteiger partial charge is 0.335 e. The van der Waals surface area contributed by atoms with Crippen LogP contribution in [0, 0.1) is 18.7 Å². The van der Waals surface area contributed by atoms with Crippen LogP contribution in [-0.4, -0.2) is 17.8 Å². The van der Waals surface area contributed by atoms with Gasteiger partial charge in [-0.1, -0.05) is 24.3 Å². The molecule has 1 saturated heterocycles. The molecule has 1 aliphatic heterocycles. The predicted molar refractivity (Wildman–Crippen MR) is 99.5 cm³/mol. The Morgan fingerprint density at radius 1 is 1.11 bits per heavy atom. The second-order valence-electron chi connectivity index (χ2n) is 6.06. The zero-order valence-corrected chi connectivity index (χ0v) is 14.8. The average Bonchev–Trinajstić information content (AvgIpc) is 2.63. The Morgan fingerprint density at radius 3 is 2.41 bits per heavy atom. The normalized spacial score (nSPS) is 17.7. The number of barbiturate groups is 1. The number of benzene rings is 2. The zero-order chi connectivity index (χ0) is 19.6. The van der Waals surface area contributed by atoms with Crippen molar-refractivity contribution in [3.8, 4) is 0 Å². The topological polar surface area (TPSA) is 78.5 Å². The summed E-state index contributed by atoms with van der Waals surface area (Å²) >= 11 is 0. The molecule has 1 atom stereocenters. The molecule has 6 nitrogen and oxygen atoms in total. The summed E-state index contributed by atoms with van der Waals surface area (Å²) in [5.41, 5.74) is 1.96. The summed E-state index contributed by atoms with van der Waals surface area (Å²) in [7, 11) is 0. The molecule has 0 spiro atoms. The molecule has 0 radical (unpaired) electrons. The number of carbonyl (C=O) groups excluding carboxylic acids is 3. The molecule has 2 aromatic rings. The van der Waals surface area contributed by atoms with E-state index >= 15 is 0 Å². The van der Waals surface area contributed by atoms with Gasteiger partial charge in [-0.15, -0.1) is 0 Å². The first-order valence-electron chi connectivity index (χ1n) is 8.35. The van der Waals surface area contributed by atoms with Gasteiger partial charge in [0.25, 0.3) is 5.91 Å². The number of carbonyl (C=O) groups is 3. The van der Waals surface area contributed by atoms with Crippen LogP contribution >= 0.6 is 0 Å². The molecule has 0 unspecified atom stereocenters. The molecule has 0 bridgehead atoms. The van der Waals surface area contributed by atoms with Gasteiger partial charge in [-0.3, -0.25) is 14.9 Å². The van der Waals surface area contributed by atoms with Crippen molar-refractivity contribution < 1.29 is 18.8 Å². The van der Waals surface area contributed by atoms with Gasteiger partial charge >= 0.3 is 6.03 Å². The number of aryl methyl sites for hydroxylation is 1. The van der Waals surface area contributed by atoms with Gasteiger partial charge in [0.1, 0.15) is 5.82 Å². The molecule has 3 rings (SSSR count). The SMILES string of the molecule is C/C=C(/Nc1ccc(F)cc1)[C@H]1C(=O)NC(=O)N(c2ccccc2C)C1=O. The molecule has 4 amide bonds. The summed E-state index contributed by atoms with van der Waals surface area (Å²) in [6, 6.07) is 11.7. The van der Waals surface area contributed by atoms with Crippen molar-refractivity contribution in [2.75, 3.05) is 10.2 Å². The van der Waals surface area contributed by atoms with E-state index in [4.69, 9.17) is 0 Å². The Morgan fingerprint density at radius 2 is 1.78 bits per heavy atom. The fourth-order valence-electron chi connectivity index (χ4n) is 2.90. The van der Waals surface area contributed by atoms with Crippen LogP contribution in [0.15, 0.2) is 60.3 Å². The fraction of sp³-hybridized carbons (Fsp3) is 0.150. The van der Waals surface area contributed by atoms with Gasteiger partial charge in [0, 0.05) is 11.4 Å². The van der Waals surface area contributed by atoms with Crippen LogP contribution in [0.5, 0.6) is 0 Å². The largest absolute Gasteiger partial charge is 0.358 e. The van der Waals surface area contributed by atoms with Crippen molar-refractivity contribution in [3.05, 3.63) is 71.7 Å². The number of rotatable bonds is 4. The number of anilines is 2. The minimum atomic E-state index is -1.22. The molecule has 0 aromatic heterocycles. The van der Waals surface area contributed by atoms with Crippen LogP contribution in [-0.2, 0) is 9.59 Å². The van der Waals surface area contributed by atoms with E-state index in [0.717, 1.165) is 10.5 Å². The van der Waals surface area contributed by atoms with Crippen LogP contribution in [0.25, 0.3) is 0 Å². The quantitative estimate of drug-likeness (QED) is 0.813. The van der Waals surface area contributed by atoms with Gasteiger partial charge in [-0.2, -0.15) is 0 Å². The minimum Gasteiger partial charge on any atom is -0.358 e. The lowest BCUT2D eigenvalue weighted by Crippen LogP contribution is -2.59. The maximum absolute atomic E-state index is 13.1. The number of allylic oxidation sites excluding steroid dienone is 1. The van der Waals surface area contributed by atoms with E-state index in [2.05, 4.69) is 10.6 Å². The van der Waals surface area contributed by atoms with Gasteiger partial charge in [0.05, 0.1) is 5.69 Å². The van der Waals surface area contributed by atoms with Gasteiger partial charge in [-0.05, 0) is 49.7 Å². The standard InChI is InChI=1S/C20H18FN3O3/c1-3-15(22-14-10-8-13(21)9-11-14)17-18(25)23-20(27)24(19(17)26)16-7-5-4-6-12(16)2/h3-11,17,22H,1-2H3,(H,23,25,27)/b15-3+/t17-/m0/s1. The number of hydrogen-bond donors (Lipinski definition) is 2. The highest BCUT2D eigenvalue weighted by atomic mass is 19.1. The predicted octanol–water partition coefficient (Wildman–Crippen LogP) is 3.35. The fourth-order valence-corrected chi connectivity index (χ4v) is 2.90. The molecule has 2 N–H and O–H groups in total. The van der Waals surface area contributed by atoms with Gasteiger partial charge < -0.3 is 5.32 Å². The molecule has 2 aromatic carbocycles. The van der Waals surface area contributed by atoms with E-state index < -0.39 is 29.6 Å². The van der Waals surface area contributed by atoms with Crippen molar-refractivity contribution in [3.63, 3.8) is 0 Å². The third-order valence-corrected chi connectivity index (χ3v) is 4.27. The Kier molecular flexibility index (Phi) is 5.03. The number of urea groups is 1. The average molecular weight is 367 g/mol. The van der Waals surface area contributed by atoms with E-state index in [0.29, 0.717) is 17.1 Å². The first-order chi connectivity index (χ1) is 12.9. The molecule has 1 heterocycles. The van der Waals surface area contributed by atoms with Gasteiger partial charge in [0.2, 0.25) is 5.91 Å². The molecule has 1 fully saturated rings. The maximum atomic E-state index is 13.1. The Bertz CT molecular complexity index is 938. The van der Waals surface area contributed by atoms with E-state index in [-0.39, 0.29) is 0 Å². The van der Waals surface area contributed by atoms with Crippen molar-refractivity contribution in [2.24, 2.45) is 5.92 Å². The molecular formula is C20H18FN3O3. The molecular weight excluding hydrogens is 349 g/mol. The molecule has 27 heavy (non-hydrogen) atoms. The zero-order valence-electron chi connectivity index (χ0n) is 14.8. The summed E-state index contributed by atoms with van der Waals surface area (Å²) in [6.07, 6.45) is 1.58. The molecule has 0 saturated carbocycles. The number of imide groups is 2. The van der Waals surface area contributed by atoms with Crippen LogP contribution < -0.4 is 15.5 Å². The first-order valence-corrected chi connectivity index (χ1v) is 8.35. The summed E-state index contributed by atoms with van der Waals surface area (Å²) in [6.45, 7) is 3.44. The lowest BCUT2D eigenvalue weighted by Gasteiger charge is -2.32. The third-order valence-electron chi connectivity index (χ3n) is 4.27. The number of hydrogen-bond acceptors (Lipinski definition) is 4. The van der Waals surface area contributed by atoms with E-state index in [9.17, 15) is 18.8 Å². The summed E-state index contributed by atoms with van der Waals surface area (Å²) in [4.78, 5) is 38.7. The minimum absolute atomic E-state index is 0.301. The van der Waals surface area contributed by atoms with Crippen LogP contribution in [0.1, 0.15) is 12.5 Å². The number of nitrogens with zero attached hydrogens (tertiary/aromatic N) is 1. The number of halogens is 1. The second kappa shape index (κ2) is 7.41. The number of nitrogens with one attached hydrogen (secondary N) is 2. The lowest BCUT2D eigenvalue weighted by atomic mass is 9.98. The Balaban J connectivity index is 1.94. The van der Waals surface area contributed by atoms with Crippen molar-refractivity contribution >= 4 is 29.2 Å². The summed E-state index contributed by atoms with van der Waals surface area (Å²) in [5.74, 6) is -2.99. The molecule has 7 heteroatoms. The second-order valence-corrected chi connectivity index (χ2v) is 6.06. The molecule has 0 aliphatic carbocycles. The first kappa shape index (κ1) is 18.3. The van der Waals surface area contributed by atoms with Crippen molar-refractivity contribution in [1.29, 1.82) is 0 Å². The lowest BCUT2D eigenvalue weighted by molar-refractivity contribution is -0.132. The highest BCUT2D eigenvalue weighted by Crippen LogP contribution is 2.27. The van der Waals surface area contributed by atoms with Crippen molar-refractivity contribution in [2.45, 2.75) is 13.8 Å². The van der Waals surface area contributed by atoms with Gasteiger partial charge in [-0.25, -0.2) is 14.1 Å².